The van der Waals surface area contributed by atoms with Crippen molar-refractivity contribution in [3.8, 4) is 0 Å². The Hall–Kier alpha value is -2.34. The van der Waals surface area contributed by atoms with Crippen LogP contribution in [0.1, 0.15) is 26.3 Å². The lowest BCUT2D eigenvalue weighted by atomic mass is 10.1. The summed E-state index contributed by atoms with van der Waals surface area (Å²) in [7, 11) is 0. The highest BCUT2D eigenvalue weighted by atomic mass is 35.5. The van der Waals surface area contributed by atoms with E-state index in [2.05, 4.69) is 10.6 Å². The van der Waals surface area contributed by atoms with Gasteiger partial charge in [0, 0.05) is 6.54 Å². The van der Waals surface area contributed by atoms with E-state index in [1.54, 1.807) is 24.3 Å². The first kappa shape index (κ1) is 19.4. The maximum atomic E-state index is 12.5. The monoisotopic (exact) mass is 418 g/mol. The number of para-hydroxylation sites is 1. The van der Waals surface area contributed by atoms with Gasteiger partial charge in [0.05, 0.1) is 21.2 Å². The van der Waals surface area contributed by atoms with Gasteiger partial charge >= 0.3 is 0 Å². The van der Waals surface area contributed by atoms with Crippen LogP contribution >= 0.6 is 34.5 Å². The lowest BCUT2D eigenvalue weighted by Gasteiger charge is -2.11. The van der Waals surface area contributed by atoms with Crippen molar-refractivity contribution in [2.75, 3.05) is 11.9 Å². The predicted octanol–water partition coefficient (Wildman–Crippen LogP) is 5.28. The Balaban J connectivity index is 1.67. The first-order chi connectivity index (χ1) is 13.0. The second-order valence-electron chi connectivity index (χ2n) is 5.73. The van der Waals surface area contributed by atoms with Crippen LogP contribution in [0.4, 0.5) is 5.69 Å². The van der Waals surface area contributed by atoms with Gasteiger partial charge in [-0.2, -0.15) is 0 Å². The van der Waals surface area contributed by atoms with Crippen LogP contribution in [-0.2, 0) is 6.42 Å². The molecule has 4 nitrogen and oxygen atoms in total. The molecule has 138 valence electrons. The summed E-state index contributed by atoms with van der Waals surface area (Å²) in [6.45, 7) is 0.497. The summed E-state index contributed by atoms with van der Waals surface area (Å²) in [5.74, 6) is -0.663. The van der Waals surface area contributed by atoms with E-state index in [-0.39, 0.29) is 11.5 Å². The van der Waals surface area contributed by atoms with Gasteiger partial charge in [0.2, 0.25) is 0 Å². The van der Waals surface area contributed by atoms with Crippen molar-refractivity contribution in [3.05, 3.63) is 86.0 Å². The average molecular weight is 419 g/mol. The van der Waals surface area contributed by atoms with Crippen LogP contribution in [0.3, 0.4) is 0 Å². The van der Waals surface area contributed by atoms with E-state index in [4.69, 9.17) is 23.2 Å². The molecule has 0 saturated carbocycles. The SMILES string of the molecule is O=C(NCCc1ccccc1)c1ccccc1NC(=O)c1cc(Cl)sc1Cl. The quantitative estimate of drug-likeness (QED) is 0.571. The van der Waals surface area contributed by atoms with Gasteiger partial charge < -0.3 is 10.6 Å². The Morgan fingerprint density at radius 1 is 0.889 bits per heavy atom. The minimum Gasteiger partial charge on any atom is -0.352 e. The summed E-state index contributed by atoms with van der Waals surface area (Å²) in [6, 6.07) is 18.2. The van der Waals surface area contributed by atoms with Crippen LogP contribution in [0.15, 0.2) is 60.7 Å². The molecule has 0 bridgehead atoms. The third kappa shape index (κ3) is 5.10. The summed E-state index contributed by atoms with van der Waals surface area (Å²) in [5, 5.41) is 5.61. The zero-order valence-corrected chi connectivity index (χ0v) is 16.5. The number of rotatable bonds is 6. The molecule has 2 N–H and O–H groups in total. The van der Waals surface area contributed by atoms with Crippen LogP contribution < -0.4 is 10.6 Å². The Morgan fingerprint density at radius 2 is 1.59 bits per heavy atom. The minimum absolute atomic E-state index is 0.253. The minimum atomic E-state index is -0.410. The van der Waals surface area contributed by atoms with E-state index < -0.39 is 5.91 Å². The fourth-order valence-electron chi connectivity index (χ4n) is 2.54. The first-order valence-corrected chi connectivity index (χ1v) is 9.79. The first-order valence-electron chi connectivity index (χ1n) is 8.22. The summed E-state index contributed by atoms with van der Waals surface area (Å²) in [6.07, 6.45) is 0.726. The number of anilines is 1. The van der Waals surface area contributed by atoms with Gasteiger partial charge in [-0.25, -0.2) is 0 Å². The van der Waals surface area contributed by atoms with E-state index in [0.717, 1.165) is 23.3 Å². The van der Waals surface area contributed by atoms with Crippen LogP contribution in [0.25, 0.3) is 0 Å². The average Bonchev–Trinajstić information content (AvgIpc) is 3.01. The number of nitrogens with one attached hydrogen (secondary N) is 2. The molecule has 0 atom stereocenters. The van der Waals surface area contributed by atoms with Crippen molar-refractivity contribution in [1.82, 2.24) is 5.32 Å². The molecule has 0 spiro atoms. The van der Waals surface area contributed by atoms with Gasteiger partial charge in [-0.1, -0.05) is 65.7 Å². The Morgan fingerprint density at radius 3 is 2.30 bits per heavy atom. The van der Waals surface area contributed by atoms with Gasteiger partial charge in [0.15, 0.2) is 0 Å². The molecule has 0 aliphatic heterocycles. The predicted molar refractivity (Wildman–Crippen MR) is 111 cm³/mol. The topological polar surface area (TPSA) is 58.2 Å². The van der Waals surface area contributed by atoms with Gasteiger partial charge in [0.25, 0.3) is 11.8 Å². The number of amides is 2. The highest BCUT2D eigenvalue weighted by molar-refractivity contribution is 7.20. The fraction of sp³-hybridized carbons (Fsp3) is 0.100. The summed E-state index contributed by atoms with van der Waals surface area (Å²) >= 11 is 13.0. The lowest BCUT2D eigenvalue weighted by Crippen LogP contribution is -2.27. The Kier molecular flexibility index (Phi) is 6.50. The van der Waals surface area contributed by atoms with Crippen LogP contribution in [0, 0.1) is 0 Å². The molecule has 0 aliphatic carbocycles. The Labute approximate surface area is 171 Å². The van der Waals surface area contributed by atoms with Crippen LogP contribution in [-0.4, -0.2) is 18.4 Å². The van der Waals surface area contributed by atoms with Crippen molar-refractivity contribution >= 4 is 52.0 Å². The molecule has 3 rings (SSSR count). The molecule has 2 amide bonds. The summed E-state index contributed by atoms with van der Waals surface area (Å²) in [5.41, 5.74) is 2.23. The lowest BCUT2D eigenvalue weighted by molar-refractivity contribution is 0.0955. The normalized spacial score (nSPS) is 10.4. The van der Waals surface area contributed by atoms with Crippen molar-refractivity contribution in [2.24, 2.45) is 0 Å². The third-order valence-corrected chi connectivity index (χ3v) is 5.35. The van der Waals surface area contributed by atoms with Gasteiger partial charge in [0.1, 0.15) is 4.34 Å². The fourth-order valence-corrected chi connectivity index (χ4v) is 3.99. The van der Waals surface area contributed by atoms with Gasteiger partial charge in [-0.3, -0.25) is 9.59 Å². The third-order valence-electron chi connectivity index (χ3n) is 3.86. The zero-order valence-electron chi connectivity index (χ0n) is 14.2. The van der Waals surface area contributed by atoms with E-state index in [1.165, 1.54) is 6.07 Å². The number of halogens is 2. The molecule has 3 aromatic rings. The van der Waals surface area contributed by atoms with E-state index in [1.807, 2.05) is 30.3 Å². The van der Waals surface area contributed by atoms with Crippen molar-refractivity contribution in [2.45, 2.75) is 6.42 Å². The van der Waals surface area contributed by atoms with Gasteiger partial charge in [-0.05, 0) is 30.2 Å². The largest absolute Gasteiger partial charge is 0.352 e. The molecule has 0 saturated heterocycles. The van der Waals surface area contributed by atoms with E-state index in [9.17, 15) is 9.59 Å². The Bertz CT molecular complexity index is 958. The standard InChI is InChI=1S/C20H16Cl2N2O2S/c21-17-12-15(18(22)27-17)20(26)24-16-9-5-4-8-14(16)19(25)23-11-10-13-6-2-1-3-7-13/h1-9,12H,10-11H2,(H,23,25)(H,24,26). The summed E-state index contributed by atoms with van der Waals surface area (Å²) < 4.78 is 0.736. The zero-order chi connectivity index (χ0) is 19.2. The molecule has 1 heterocycles. The van der Waals surface area contributed by atoms with Crippen molar-refractivity contribution < 1.29 is 9.59 Å². The maximum absolute atomic E-state index is 12.5. The number of benzene rings is 2. The summed E-state index contributed by atoms with van der Waals surface area (Å²) in [4.78, 5) is 25.0. The van der Waals surface area contributed by atoms with Crippen LogP contribution in [0.2, 0.25) is 8.67 Å². The highest BCUT2D eigenvalue weighted by Crippen LogP contribution is 2.31. The van der Waals surface area contributed by atoms with E-state index >= 15 is 0 Å². The maximum Gasteiger partial charge on any atom is 0.258 e. The molecule has 0 radical (unpaired) electrons. The molecule has 0 aliphatic rings. The molecule has 27 heavy (non-hydrogen) atoms. The number of hydrogen-bond donors (Lipinski definition) is 2. The van der Waals surface area contributed by atoms with E-state index in [0.29, 0.717) is 26.5 Å². The number of carbonyl (C=O) groups is 2. The molecular formula is C20H16Cl2N2O2S. The molecule has 0 fully saturated rings. The molecule has 0 unspecified atom stereocenters. The molecular weight excluding hydrogens is 403 g/mol. The smallest absolute Gasteiger partial charge is 0.258 e. The molecule has 1 aromatic heterocycles. The van der Waals surface area contributed by atoms with Crippen LogP contribution in [0.5, 0.6) is 0 Å². The molecule has 7 heteroatoms. The number of hydrogen-bond acceptors (Lipinski definition) is 3. The van der Waals surface area contributed by atoms with Crippen molar-refractivity contribution in [1.29, 1.82) is 0 Å². The molecule has 2 aromatic carbocycles. The van der Waals surface area contributed by atoms with Crippen molar-refractivity contribution in [3.63, 3.8) is 0 Å². The number of thiophene rings is 1. The highest BCUT2D eigenvalue weighted by Gasteiger charge is 2.17. The van der Waals surface area contributed by atoms with Gasteiger partial charge in [-0.15, -0.1) is 11.3 Å². The second kappa shape index (κ2) is 9.04. The number of carbonyl (C=O) groups excluding carboxylic acids is 2. The second-order valence-corrected chi connectivity index (χ2v) is 8.01.